The highest BCUT2D eigenvalue weighted by Gasteiger charge is 2.18. The average Bonchev–Trinajstić information content (AvgIpc) is 3.85. The van der Waals surface area contributed by atoms with Crippen LogP contribution < -0.4 is 0 Å². The number of nitrogens with zero attached hydrogens (tertiary/aromatic N) is 4. The Morgan fingerprint density at radius 1 is 0.431 bits per heavy atom. The molecule has 11 rings (SSSR count). The van der Waals surface area contributed by atoms with Crippen LogP contribution in [-0.2, 0) is 0 Å². The fourth-order valence-electron chi connectivity index (χ4n) is 7.93. The monoisotopic (exact) mass is 668 g/mol. The SMILES string of the molecule is c1ccc(-n2c3ccccc3c3cc(-c4ccc5c(c4)c4ccccc4n5-c4nccc(-c5cccc6c5sc5ccccc56)n4)ccc32)cc1. The smallest absolute Gasteiger partial charge is 0.235 e. The molecule has 0 radical (unpaired) electrons. The van der Waals surface area contributed by atoms with Crippen molar-refractivity contribution in [1.82, 2.24) is 19.1 Å². The molecule has 7 aromatic carbocycles. The maximum atomic E-state index is 5.23. The molecule has 0 aliphatic carbocycles. The van der Waals surface area contributed by atoms with E-state index in [0.717, 1.165) is 28.0 Å². The summed E-state index contributed by atoms with van der Waals surface area (Å²) < 4.78 is 7.10. The second-order valence-electron chi connectivity index (χ2n) is 13.0. The first kappa shape index (κ1) is 28.3. The lowest BCUT2D eigenvalue weighted by Crippen LogP contribution is -2.01. The maximum Gasteiger partial charge on any atom is 0.235 e. The first-order valence-electron chi connectivity index (χ1n) is 17.2. The predicted octanol–water partition coefficient (Wildman–Crippen LogP) is 12.4. The molecule has 51 heavy (non-hydrogen) atoms. The van der Waals surface area contributed by atoms with Crippen molar-refractivity contribution >= 4 is 75.1 Å². The van der Waals surface area contributed by atoms with Crippen LogP contribution in [0.25, 0.3) is 97.8 Å². The Kier molecular flexibility index (Phi) is 6.09. The zero-order valence-electron chi connectivity index (χ0n) is 27.4. The molecule has 0 unspecified atom stereocenters. The van der Waals surface area contributed by atoms with Crippen LogP contribution in [0.15, 0.2) is 170 Å². The van der Waals surface area contributed by atoms with E-state index in [-0.39, 0.29) is 0 Å². The van der Waals surface area contributed by atoms with Crippen LogP contribution in [0.2, 0.25) is 0 Å². The number of fused-ring (bicyclic) bond motifs is 9. The van der Waals surface area contributed by atoms with Crippen molar-refractivity contribution in [2.75, 3.05) is 0 Å². The Balaban J connectivity index is 1.07. The fourth-order valence-corrected chi connectivity index (χ4v) is 9.16. The maximum absolute atomic E-state index is 5.23. The molecule has 11 aromatic rings. The van der Waals surface area contributed by atoms with Gasteiger partial charge in [-0.1, -0.05) is 103 Å². The molecule has 4 heterocycles. The van der Waals surface area contributed by atoms with E-state index in [0.29, 0.717) is 5.95 Å². The Labute approximate surface area is 297 Å². The van der Waals surface area contributed by atoms with Crippen LogP contribution in [0.1, 0.15) is 0 Å². The molecule has 4 nitrogen and oxygen atoms in total. The third kappa shape index (κ3) is 4.25. The van der Waals surface area contributed by atoms with Crippen LogP contribution in [0.5, 0.6) is 0 Å². The van der Waals surface area contributed by atoms with Gasteiger partial charge < -0.3 is 4.57 Å². The normalized spacial score (nSPS) is 11.9. The molecule has 238 valence electrons. The summed E-state index contributed by atoms with van der Waals surface area (Å²) >= 11 is 1.82. The minimum absolute atomic E-state index is 0.666. The summed E-state index contributed by atoms with van der Waals surface area (Å²) in [5, 5.41) is 7.40. The summed E-state index contributed by atoms with van der Waals surface area (Å²) in [4.78, 5) is 10.1. The van der Waals surface area contributed by atoms with Gasteiger partial charge in [-0.3, -0.25) is 4.57 Å². The first-order valence-corrected chi connectivity index (χ1v) is 18.0. The van der Waals surface area contributed by atoms with E-state index in [9.17, 15) is 0 Å². The van der Waals surface area contributed by atoms with Gasteiger partial charge in [-0.25, -0.2) is 9.97 Å². The summed E-state index contributed by atoms with van der Waals surface area (Å²) in [6.45, 7) is 0. The van der Waals surface area contributed by atoms with Crippen molar-refractivity contribution in [2.24, 2.45) is 0 Å². The zero-order valence-corrected chi connectivity index (χ0v) is 28.2. The number of hydrogen-bond acceptors (Lipinski definition) is 3. The number of para-hydroxylation sites is 3. The minimum Gasteiger partial charge on any atom is -0.309 e. The van der Waals surface area contributed by atoms with Gasteiger partial charge in [0.25, 0.3) is 0 Å². The van der Waals surface area contributed by atoms with Gasteiger partial charge in [0.1, 0.15) is 0 Å². The molecule has 5 heteroatoms. The van der Waals surface area contributed by atoms with Crippen molar-refractivity contribution in [3.05, 3.63) is 170 Å². The fraction of sp³-hybridized carbons (Fsp3) is 0. The van der Waals surface area contributed by atoms with Crippen LogP contribution in [0.3, 0.4) is 0 Å². The van der Waals surface area contributed by atoms with Gasteiger partial charge in [0.15, 0.2) is 0 Å². The Morgan fingerprint density at radius 2 is 1.02 bits per heavy atom. The van der Waals surface area contributed by atoms with E-state index in [1.54, 1.807) is 0 Å². The van der Waals surface area contributed by atoms with Crippen molar-refractivity contribution in [3.8, 4) is 34.0 Å². The highest BCUT2D eigenvalue weighted by Crippen LogP contribution is 2.41. The molecule has 0 spiro atoms. The third-order valence-corrected chi connectivity index (χ3v) is 11.4. The second kappa shape index (κ2) is 11.0. The second-order valence-corrected chi connectivity index (χ2v) is 14.1. The molecule has 0 saturated heterocycles. The lowest BCUT2D eigenvalue weighted by atomic mass is 10.0. The van der Waals surface area contributed by atoms with Gasteiger partial charge in [-0.2, -0.15) is 0 Å². The van der Waals surface area contributed by atoms with Crippen molar-refractivity contribution in [1.29, 1.82) is 0 Å². The van der Waals surface area contributed by atoms with Crippen molar-refractivity contribution < 1.29 is 0 Å². The number of thiophene rings is 1. The van der Waals surface area contributed by atoms with E-state index in [4.69, 9.17) is 9.97 Å². The third-order valence-electron chi connectivity index (χ3n) is 10.2. The van der Waals surface area contributed by atoms with E-state index < -0.39 is 0 Å². The highest BCUT2D eigenvalue weighted by atomic mass is 32.1. The number of benzene rings is 7. The molecule has 0 amide bonds. The van der Waals surface area contributed by atoms with Crippen LogP contribution >= 0.6 is 11.3 Å². The lowest BCUT2D eigenvalue weighted by molar-refractivity contribution is 0.993. The number of hydrogen-bond donors (Lipinski definition) is 0. The van der Waals surface area contributed by atoms with Crippen molar-refractivity contribution in [3.63, 3.8) is 0 Å². The summed E-state index contributed by atoms with van der Waals surface area (Å²) in [7, 11) is 0. The summed E-state index contributed by atoms with van der Waals surface area (Å²) in [6.07, 6.45) is 1.89. The van der Waals surface area contributed by atoms with E-state index in [2.05, 4.69) is 167 Å². The Morgan fingerprint density at radius 3 is 1.76 bits per heavy atom. The van der Waals surface area contributed by atoms with Gasteiger partial charge in [-0.05, 0) is 71.8 Å². The van der Waals surface area contributed by atoms with Gasteiger partial charge in [0, 0.05) is 59.2 Å². The molecule has 0 aliphatic rings. The van der Waals surface area contributed by atoms with Crippen molar-refractivity contribution in [2.45, 2.75) is 0 Å². The molecule has 0 saturated carbocycles. The largest absolute Gasteiger partial charge is 0.309 e. The molecule has 0 atom stereocenters. The molecule has 0 aliphatic heterocycles. The summed E-state index contributed by atoms with van der Waals surface area (Å²) in [5.74, 6) is 0.666. The Bertz CT molecular complexity index is 3150. The predicted molar refractivity (Wildman–Crippen MR) is 214 cm³/mol. The summed E-state index contributed by atoms with van der Waals surface area (Å²) in [6, 6.07) is 58.7. The minimum atomic E-state index is 0.666. The van der Waals surface area contributed by atoms with Gasteiger partial charge in [0.05, 0.1) is 27.8 Å². The average molecular weight is 669 g/mol. The molecule has 0 bridgehead atoms. The van der Waals surface area contributed by atoms with E-state index in [1.807, 2.05) is 23.6 Å². The molecule has 4 aromatic heterocycles. The lowest BCUT2D eigenvalue weighted by Gasteiger charge is -2.09. The van der Waals surface area contributed by atoms with Gasteiger partial charge in [-0.15, -0.1) is 11.3 Å². The van der Waals surface area contributed by atoms with Crippen LogP contribution in [0.4, 0.5) is 0 Å². The van der Waals surface area contributed by atoms with E-state index in [1.165, 1.54) is 63.9 Å². The topological polar surface area (TPSA) is 35.6 Å². The number of rotatable bonds is 4. The molecular weight excluding hydrogens is 641 g/mol. The first-order chi connectivity index (χ1) is 25.3. The molecule has 0 fully saturated rings. The van der Waals surface area contributed by atoms with Gasteiger partial charge >= 0.3 is 0 Å². The van der Waals surface area contributed by atoms with E-state index >= 15 is 0 Å². The summed E-state index contributed by atoms with van der Waals surface area (Å²) in [5.41, 5.74) is 10.2. The zero-order chi connectivity index (χ0) is 33.5. The van der Waals surface area contributed by atoms with Crippen LogP contribution in [0, 0.1) is 0 Å². The quantitative estimate of drug-likeness (QED) is 0.187. The standard InChI is InChI=1S/C46H28N4S/c1-2-11-31(12-3-1)49-40-18-7-4-13-32(40)37-27-29(21-23-42(37)49)30-22-24-43-38(28-30)33-14-5-8-19-41(33)50(43)46-47-26-25-39(48-46)36-17-10-16-35-34-15-6-9-20-44(34)51-45(35)36/h1-28H. The van der Waals surface area contributed by atoms with Crippen LogP contribution in [-0.4, -0.2) is 19.1 Å². The number of aromatic nitrogens is 4. The molecular formula is C46H28N4S. The highest BCUT2D eigenvalue weighted by molar-refractivity contribution is 7.26. The van der Waals surface area contributed by atoms with Gasteiger partial charge in [0.2, 0.25) is 5.95 Å². The molecule has 0 N–H and O–H groups in total. The Hall–Kier alpha value is -6.56.